The molecule has 1 aliphatic carbocycles. The molecule has 4 rings (SSSR count). The number of hydrogen-bond acceptors (Lipinski definition) is 6. The van der Waals surface area contributed by atoms with Crippen LogP contribution in [0.5, 0.6) is 0 Å². The van der Waals surface area contributed by atoms with Gasteiger partial charge in [0.05, 0.1) is 33.6 Å². The van der Waals surface area contributed by atoms with Gasteiger partial charge < -0.3 is 16.0 Å². The minimum atomic E-state index is -0.651. The fourth-order valence-electron chi connectivity index (χ4n) is 3.84. The number of aromatic nitrogens is 2. The molecule has 0 aliphatic heterocycles. The lowest BCUT2D eigenvalue weighted by Gasteiger charge is -2.21. The predicted molar refractivity (Wildman–Crippen MR) is 122 cm³/mol. The van der Waals surface area contributed by atoms with Crippen molar-refractivity contribution in [1.82, 2.24) is 15.3 Å². The summed E-state index contributed by atoms with van der Waals surface area (Å²) in [5, 5.41) is 9.31. The highest BCUT2D eigenvalue weighted by Crippen LogP contribution is 2.30. The Bertz CT molecular complexity index is 1070. The van der Waals surface area contributed by atoms with Crippen molar-refractivity contribution in [1.29, 1.82) is 0 Å². The van der Waals surface area contributed by atoms with Crippen molar-refractivity contribution < 1.29 is 14.0 Å². The zero-order valence-electron chi connectivity index (χ0n) is 17.4. The monoisotopic (exact) mass is 453 g/mol. The first-order valence-electron chi connectivity index (χ1n) is 10.6. The normalized spacial score (nSPS) is 14.7. The molecule has 0 spiro atoms. The van der Waals surface area contributed by atoms with Crippen LogP contribution in [-0.2, 0) is 4.79 Å². The van der Waals surface area contributed by atoms with Gasteiger partial charge in [-0.15, -0.1) is 11.3 Å². The number of hydrogen-bond donors (Lipinski definition) is 3. The maximum Gasteiger partial charge on any atom is 0.262 e. The van der Waals surface area contributed by atoms with Crippen LogP contribution in [0.1, 0.15) is 41.8 Å². The molecule has 7 nitrogen and oxygen atoms in total. The second kappa shape index (κ2) is 10.3. The molecule has 3 aromatic heterocycles. The number of nitrogens with zero attached hydrogens (tertiary/aromatic N) is 2. The molecule has 3 N–H and O–H groups in total. The Morgan fingerprint density at radius 3 is 2.66 bits per heavy atom. The molecule has 0 saturated heterocycles. The van der Waals surface area contributed by atoms with E-state index in [2.05, 4.69) is 25.9 Å². The molecule has 166 valence electrons. The number of thiophene rings is 1. The minimum Gasteiger partial charge on any atom is -0.345 e. The summed E-state index contributed by atoms with van der Waals surface area (Å²) in [6.45, 7) is 0. The third kappa shape index (κ3) is 5.67. The van der Waals surface area contributed by atoms with Crippen LogP contribution in [0.15, 0.2) is 55.1 Å². The van der Waals surface area contributed by atoms with Crippen molar-refractivity contribution in [3.05, 3.63) is 65.8 Å². The van der Waals surface area contributed by atoms with Crippen molar-refractivity contribution in [2.24, 2.45) is 5.92 Å². The highest BCUT2D eigenvalue weighted by Gasteiger charge is 2.27. The number of halogens is 1. The predicted octanol–water partition coefficient (Wildman–Crippen LogP) is 4.74. The van der Waals surface area contributed by atoms with Gasteiger partial charge in [0.2, 0.25) is 5.91 Å². The molecule has 0 unspecified atom stereocenters. The average molecular weight is 454 g/mol. The first-order chi connectivity index (χ1) is 15.6. The number of carbonyl (C=O) groups excluding carboxylic acids is 2. The van der Waals surface area contributed by atoms with E-state index in [-0.39, 0.29) is 17.5 Å². The summed E-state index contributed by atoms with van der Waals surface area (Å²) >= 11 is 1.19. The second-order valence-electron chi connectivity index (χ2n) is 7.79. The van der Waals surface area contributed by atoms with E-state index in [0.717, 1.165) is 31.9 Å². The number of pyridine rings is 2. The molecule has 9 heteroatoms. The summed E-state index contributed by atoms with van der Waals surface area (Å²) < 4.78 is 13.8. The Hall–Kier alpha value is -3.33. The van der Waals surface area contributed by atoms with Crippen LogP contribution < -0.4 is 16.0 Å². The third-order valence-electron chi connectivity index (χ3n) is 5.45. The third-order valence-corrected chi connectivity index (χ3v) is 6.45. The molecule has 1 saturated carbocycles. The molecular formula is C23H24FN5O2S. The van der Waals surface area contributed by atoms with Gasteiger partial charge in [0.1, 0.15) is 6.04 Å². The van der Waals surface area contributed by atoms with Gasteiger partial charge in [0.15, 0.2) is 5.82 Å². The van der Waals surface area contributed by atoms with Crippen molar-refractivity contribution >= 4 is 39.5 Å². The summed E-state index contributed by atoms with van der Waals surface area (Å²) in [7, 11) is 0. The minimum absolute atomic E-state index is 0.257. The Balaban J connectivity index is 1.44. The molecule has 1 atom stereocenters. The molecule has 0 bridgehead atoms. The number of rotatable bonds is 8. The quantitative estimate of drug-likeness (QED) is 0.458. The Morgan fingerprint density at radius 1 is 1.09 bits per heavy atom. The molecule has 2 amide bonds. The number of amides is 2. The van der Waals surface area contributed by atoms with Crippen LogP contribution in [0.2, 0.25) is 0 Å². The molecule has 0 radical (unpaired) electrons. The fraction of sp³-hybridized carbons (Fsp3) is 0.304. The van der Waals surface area contributed by atoms with Crippen molar-refractivity contribution in [2.75, 3.05) is 10.6 Å². The molecule has 32 heavy (non-hydrogen) atoms. The summed E-state index contributed by atoms with van der Waals surface area (Å²) in [6, 6.07) is 7.74. The van der Waals surface area contributed by atoms with Gasteiger partial charge in [-0.2, -0.15) is 0 Å². The average Bonchev–Trinajstić information content (AvgIpc) is 3.48. The number of anilines is 3. The first-order valence-corrected chi connectivity index (χ1v) is 11.4. The van der Waals surface area contributed by atoms with E-state index in [4.69, 9.17) is 0 Å². The largest absolute Gasteiger partial charge is 0.345 e. The number of carbonyl (C=O) groups is 2. The van der Waals surface area contributed by atoms with Gasteiger partial charge in [-0.25, -0.2) is 4.39 Å². The Morgan fingerprint density at radius 2 is 1.91 bits per heavy atom. The molecule has 3 heterocycles. The molecular weight excluding hydrogens is 429 g/mol. The van der Waals surface area contributed by atoms with E-state index in [9.17, 15) is 14.0 Å². The maximum atomic E-state index is 13.8. The van der Waals surface area contributed by atoms with Crippen molar-refractivity contribution in [2.45, 2.75) is 38.1 Å². The second-order valence-corrected chi connectivity index (χ2v) is 8.87. The van der Waals surface area contributed by atoms with E-state index < -0.39 is 11.9 Å². The van der Waals surface area contributed by atoms with E-state index in [0.29, 0.717) is 27.9 Å². The summed E-state index contributed by atoms with van der Waals surface area (Å²) in [6.07, 6.45) is 10.8. The summed E-state index contributed by atoms with van der Waals surface area (Å²) in [5.74, 6) is -0.652. The van der Waals surface area contributed by atoms with Gasteiger partial charge in [-0.1, -0.05) is 25.7 Å². The SMILES string of the molecule is O=C(N[C@@H](CC1CCCC1)C(=O)Nc1cccnc1)c1ccc(Nc2ccncc2F)s1. The highest BCUT2D eigenvalue weighted by molar-refractivity contribution is 7.18. The van der Waals surface area contributed by atoms with Crippen molar-refractivity contribution in [3.63, 3.8) is 0 Å². The van der Waals surface area contributed by atoms with Crippen LogP contribution in [0.25, 0.3) is 0 Å². The lowest BCUT2D eigenvalue weighted by molar-refractivity contribution is -0.118. The van der Waals surface area contributed by atoms with E-state index >= 15 is 0 Å². The van der Waals surface area contributed by atoms with Gasteiger partial charge in [0, 0.05) is 12.4 Å². The van der Waals surface area contributed by atoms with Crippen LogP contribution in [0.3, 0.4) is 0 Å². The molecule has 3 aromatic rings. The van der Waals surface area contributed by atoms with Gasteiger partial charge in [-0.05, 0) is 42.7 Å². The van der Waals surface area contributed by atoms with Crippen molar-refractivity contribution in [3.8, 4) is 0 Å². The summed E-state index contributed by atoms with van der Waals surface area (Å²) in [5.41, 5.74) is 0.869. The highest BCUT2D eigenvalue weighted by atomic mass is 32.1. The van der Waals surface area contributed by atoms with Gasteiger partial charge in [-0.3, -0.25) is 19.6 Å². The van der Waals surface area contributed by atoms with Gasteiger partial charge >= 0.3 is 0 Å². The van der Waals surface area contributed by atoms with Crippen LogP contribution in [0, 0.1) is 11.7 Å². The van der Waals surface area contributed by atoms with E-state index in [1.165, 1.54) is 23.6 Å². The zero-order chi connectivity index (χ0) is 22.3. The maximum absolute atomic E-state index is 13.8. The Labute approximate surface area is 189 Å². The fourth-order valence-corrected chi connectivity index (χ4v) is 4.66. The van der Waals surface area contributed by atoms with Crippen LogP contribution >= 0.6 is 11.3 Å². The van der Waals surface area contributed by atoms with Crippen LogP contribution in [0.4, 0.5) is 20.8 Å². The van der Waals surface area contributed by atoms with Gasteiger partial charge in [0.25, 0.3) is 5.91 Å². The lowest BCUT2D eigenvalue weighted by Crippen LogP contribution is -2.44. The zero-order valence-corrected chi connectivity index (χ0v) is 18.2. The molecule has 0 aromatic carbocycles. The van der Waals surface area contributed by atoms with E-state index in [1.54, 1.807) is 36.7 Å². The van der Waals surface area contributed by atoms with Crippen LogP contribution in [-0.4, -0.2) is 27.8 Å². The lowest BCUT2D eigenvalue weighted by atomic mass is 9.97. The topological polar surface area (TPSA) is 96.0 Å². The first kappa shape index (κ1) is 21.9. The Kier molecular flexibility index (Phi) is 7.06. The smallest absolute Gasteiger partial charge is 0.262 e. The standard InChI is InChI=1S/C23H24FN5O2S/c24-17-14-26-11-9-18(17)28-21-8-7-20(32-21)23(31)29-19(12-15-4-1-2-5-15)22(30)27-16-6-3-10-25-13-16/h3,6-11,13-15,19H,1-2,4-5,12H2,(H,26,28)(H,27,30)(H,29,31)/t19-/m0/s1. The molecule has 1 fully saturated rings. The number of nitrogens with one attached hydrogen (secondary N) is 3. The summed E-state index contributed by atoms with van der Waals surface area (Å²) in [4.78, 5) is 34.0. The van der Waals surface area contributed by atoms with E-state index in [1.807, 2.05) is 0 Å². The molecule has 1 aliphatic rings.